The molecule has 1 aromatic carbocycles. The summed E-state index contributed by atoms with van der Waals surface area (Å²) in [5.41, 5.74) is 1.08. The molecule has 82 valence electrons. The zero-order valence-corrected chi connectivity index (χ0v) is 9.51. The van der Waals surface area contributed by atoms with Gasteiger partial charge < -0.3 is 0 Å². The molecule has 0 nitrogen and oxygen atoms in total. The Morgan fingerprint density at radius 2 is 2.20 bits per heavy atom. The summed E-state index contributed by atoms with van der Waals surface area (Å²) in [5, 5.41) is 0.346. The lowest BCUT2D eigenvalue weighted by molar-refractivity contribution is 0.617. The SMILES string of the molecule is Fc1cccc(CCCC(Cl)C2CC2)c1. The Balaban J connectivity index is 1.73. The minimum atomic E-state index is -0.142. The van der Waals surface area contributed by atoms with Crippen molar-refractivity contribution in [3.63, 3.8) is 0 Å². The molecule has 0 aromatic heterocycles. The maximum Gasteiger partial charge on any atom is 0.123 e. The van der Waals surface area contributed by atoms with Crippen LogP contribution in [-0.2, 0) is 6.42 Å². The van der Waals surface area contributed by atoms with Crippen LogP contribution in [0.1, 0.15) is 31.2 Å². The van der Waals surface area contributed by atoms with Gasteiger partial charge in [0.15, 0.2) is 0 Å². The van der Waals surface area contributed by atoms with Crippen LogP contribution >= 0.6 is 11.6 Å². The topological polar surface area (TPSA) is 0 Å². The predicted molar refractivity (Wildman–Crippen MR) is 61.7 cm³/mol. The molecule has 2 rings (SSSR count). The first-order chi connectivity index (χ1) is 7.25. The van der Waals surface area contributed by atoms with Crippen LogP contribution < -0.4 is 0 Å². The van der Waals surface area contributed by atoms with Crippen LogP contribution in [-0.4, -0.2) is 5.38 Å². The molecule has 1 aliphatic carbocycles. The van der Waals surface area contributed by atoms with E-state index in [2.05, 4.69) is 0 Å². The van der Waals surface area contributed by atoms with Gasteiger partial charge in [0.1, 0.15) is 5.82 Å². The largest absolute Gasteiger partial charge is 0.207 e. The Bertz CT molecular complexity index is 320. The van der Waals surface area contributed by atoms with Gasteiger partial charge in [0.2, 0.25) is 0 Å². The van der Waals surface area contributed by atoms with Gasteiger partial charge in [0.05, 0.1) is 0 Å². The Labute approximate surface area is 95.4 Å². The molecule has 1 atom stereocenters. The van der Waals surface area contributed by atoms with E-state index in [1.54, 1.807) is 12.1 Å². The number of hydrogen-bond acceptors (Lipinski definition) is 0. The van der Waals surface area contributed by atoms with E-state index in [9.17, 15) is 4.39 Å². The van der Waals surface area contributed by atoms with Gasteiger partial charge >= 0.3 is 0 Å². The molecule has 1 fully saturated rings. The number of hydrogen-bond donors (Lipinski definition) is 0. The van der Waals surface area contributed by atoms with Crippen molar-refractivity contribution in [3.8, 4) is 0 Å². The van der Waals surface area contributed by atoms with Crippen LogP contribution in [0.5, 0.6) is 0 Å². The van der Waals surface area contributed by atoms with E-state index < -0.39 is 0 Å². The molecule has 0 bridgehead atoms. The van der Waals surface area contributed by atoms with Crippen molar-refractivity contribution in [2.75, 3.05) is 0 Å². The molecule has 0 radical (unpaired) electrons. The molecule has 1 saturated carbocycles. The maximum absolute atomic E-state index is 12.9. The molecule has 1 aromatic rings. The van der Waals surface area contributed by atoms with E-state index in [0.717, 1.165) is 30.7 Å². The first kappa shape index (κ1) is 10.9. The summed E-state index contributed by atoms with van der Waals surface area (Å²) in [5.74, 6) is 0.622. The standard InChI is InChI=1S/C13H16ClF/c14-13(11-7-8-11)6-2-4-10-3-1-5-12(15)9-10/h1,3,5,9,11,13H,2,4,6-8H2. The maximum atomic E-state index is 12.9. The van der Waals surface area contributed by atoms with E-state index in [1.807, 2.05) is 6.07 Å². The second-order valence-electron chi connectivity index (χ2n) is 4.38. The molecule has 0 saturated heterocycles. The molecule has 1 unspecified atom stereocenters. The van der Waals surface area contributed by atoms with Gasteiger partial charge in [0, 0.05) is 5.38 Å². The summed E-state index contributed by atoms with van der Waals surface area (Å²) in [6, 6.07) is 6.84. The second-order valence-corrected chi connectivity index (χ2v) is 4.94. The monoisotopic (exact) mass is 226 g/mol. The lowest BCUT2D eigenvalue weighted by Crippen LogP contribution is -2.01. The van der Waals surface area contributed by atoms with Crippen LogP contribution in [0.3, 0.4) is 0 Å². The average molecular weight is 227 g/mol. The molecule has 0 aliphatic heterocycles. The van der Waals surface area contributed by atoms with Crippen LogP contribution in [0, 0.1) is 11.7 Å². The van der Waals surface area contributed by atoms with E-state index in [4.69, 9.17) is 11.6 Å². The first-order valence-electron chi connectivity index (χ1n) is 5.64. The zero-order valence-electron chi connectivity index (χ0n) is 8.76. The molecule has 0 amide bonds. The fraction of sp³-hybridized carbons (Fsp3) is 0.538. The molecule has 15 heavy (non-hydrogen) atoms. The summed E-state index contributed by atoms with van der Waals surface area (Å²) in [4.78, 5) is 0. The van der Waals surface area contributed by atoms with Gasteiger partial charge in [-0.15, -0.1) is 11.6 Å². The van der Waals surface area contributed by atoms with Gasteiger partial charge in [-0.2, -0.15) is 0 Å². The van der Waals surface area contributed by atoms with Crippen molar-refractivity contribution in [1.29, 1.82) is 0 Å². The molecule has 1 aliphatic rings. The zero-order chi connectivity index (χ0) is 10.7. The quantitative estimate of drug-likeness (QED) is 0.662. The Morgan fingerprint density at radius 1 is 1.40 bits per heavy atom. The predicted octanol–water partition coefficient (Wildman–Crippen LogP) is 4.17. The van der Waals surface area contributed by atoms with Gasteiger partial charge in [-0.3, -0.25) is 0 Å². The molecule has 0 N–H and O–H groups in total. The highest BCUT2D eigenvalue weighted by Gasteiger charge is 2.28. The molecule has 0 heterocycles. The highest BCUT2D eigenvalue weighted by Crippen LogP contribution is 2.37. The Morgan fingerprint density at radius 3 is 2.87 bits per heavy atom. The summed E-state index contributed by atoms with van der Waals surface area (Å²) in [7, 11) is 0. The third-order valence-electron chi connectivity index (χ3n) is 2.97. The normalized spacial score (nSPS) is 17.7. The van der Waals surface area contributed by atoms with Gasteiger partial charge in [0.25, 0.3) is 0 Å². The fourth-order valence-corrected chi connectivity index (χ4v) is 2.29. The van der Waals surface area contributed by atoms with Crippen molar-refractivity contribution < 1.29 is 4.39 Å². The number of rotatable bonds is 5. The number of halogens is 2. The molecular weight excluding hydrogens is 211 g/mol. The van der Waals surface area contributed by atoms with Crippen molar-refractivity contribution in [3.05, 3.63) is 35.6 Å². The number of benzene rings is 1. The number of alkyl halides is 1. The van der Waals surface area contributed by atoms with Crippen LogP contribution in [0.4, 0.5) is 4.39 Å². The second kappa shape index (κ2) is 4.98. The first-order valence-corrected chi connectivity index (χ1v) is 6.08. The molecule has 2 heteroatoms. The highest BCUT2D eigenvalue weighted by molar-refractivity contribution is 6.20. The molecule has 0 spiro atoms. The van der Waals surface area contributed by atoms with Crippen LogP contribution in [0.2, 0.25) is 0 Å². The van der Waals surface area contributed by atoms with E-state index >= 15 is 0 Å². The van der Waals surface area contributed by atoms with Gasteiger partial charge in [-0.05, 0) is 55.7 Å². The Kier molecular flexibility index (Phi) is 3.63. The number of aryl methyl sites for hydroxylation is 1. The highest BCUT2D eigenvalue weighted by atomic mass is 35.5. The van der Waals surface area contributed by atoms with E-state index in [1.165, 1.54) is 18.9 Å². The minimum absolute atomic E-state index is 0.142. The summed E-state index contributed by atoms with van der Waals surface area (Å²) in [6.07, 6.45) is 5.66. The van der Waals surface area contributed by atoms with Crippen LogP contribution in [0.15, 0.2) is 24.3 Å². The van der Waals surface area contributed by atoms with Gasteiger partial charge in [-0.25, -0.2) is 4.39 Å². The lowest BCUT2D eigenvalue weighted by Gasteiger charge is -2.07. The van der Waals surface area contributed by atoms with Crippen molar-refractivity contribution in [2.45, 2.75) is 37.5 Å². The third-order valence-corrected chi connectivity index (χ3v) is 3.54. The van der Waals surface area contributed by atoms with Gasteiger partial charge in [-0.1, -0.05) is 12.1 Å². The lowest BCUT2D eigenvalue weighted by atomic mass is 10.1. The van der Waals surface area contributed by atoms with Crippen molar-refractivity contribution in [1.82, 2.24) is 0 Å². The molecular formula is C13H16ClF. The fourth-order valence-electron chi connectivity index (χ4n) is 1.89. The van der Waals surface area contributed by atoms with E-state index in [-0.39, 0.29) is 5.82 Å². The van der Waals surface area contributed by atoms with Crippen LogP contribution in [0.25, 0.3) is 0 Å². The summed E-state index contributed by atoms with van der Waals surface area (Å²) >= 11 is 6.20. The average Bonchev–Trinajstić information content (AvgIpc) is 3.00. The van der Waals surface area contributed by atoms with Crippen molar-refractivity contribution in [2.24, 2.45) is 5.92 Å². The smallest absolute Gasteiger partial charge is 0.123 e. The minimum Gasteiger partial charge on any atom is -0.207 e. The summed E-state index contributed by atoms with van der Waals surface area (Å²) < 4.78 is 12.9. The van der Waals surface area contributed by atoms with E-state index in [0.29, 0.717) is 5.38 Å². The summed E-state index contributed by atoms with van der Waals surface area (Å²) in [6.45, 7) is 0. The van der Waals surface area contributed by atoms with Crippen molar-refractivity contribution >= 4 is 11.6 Å². The third kappa shape index (κ3) is 3.49. The Hall–Kier alpha value is -0.560.